The molecule has 0 radical (unpaired) electrons. The summed E-state index contributed by atoms with van der Waals surface area (Å²) >= 11 is 0. The SMILES string of the molecule is CC(=O)C(C)(O)C(O)C(=O)COP(=O)(O)O. The first-order chi connectivity index (χ1) is 6.98. The van der Waals surface area contributed by atoms with Crippen molar-refractivity contribution in [1.29, 1.82) is 0 Å². The van der Waals surface area contributed by atoms with Crippen LogP contribution in [-0.2, 0) is 18.7 Å². The Balaban J connectivity index is 4.52. The van der Waals surface area contributed by atoms with Crippen LogP contribution in [0.1, 0.15) is 13.8 Å². The molecule has 0 aromatic carbocycles. The molecule has 2 unspecified atom stereocenters. The van der Waals surface area contributed by atoms with Gasteiger partial charge in [-0.05, 0) is 13.8 Å². The maximum atomic E-state index is 11.1. The molecule has 0 amide bonds. The molecule has 16 heavy (non-hydrogen) atoms. The highest BCUT2D eigenvalue weighted by Gasteiger charge is 2.40. The third-order valence-corrected chi connectivity index (χ3v) is 2.39. The average molecular weight is 256 g/mol. The van der Waals surface area contributed by atoms with Crippen LogP contribution in [0.3, 0.4) is 0 Å². The van der Waals surface area contributed by atoms with Gasteiger partial charge in [0.15, 0.2) is 17.2 Å². The van der Waals surface area contributed by atoms with E-state index in [2.05, 4.69) is 4.52 Å². The normalized spacial score (nSPS) is 17.6. The van der Waals surface area contributed by atoms with Gasteiger partial charge in [0.05, 0.1) is 0 Å². The van der Waals surface area contributed by atoms with E-state index < -0.39 is 37.7 Å². The molecular formula is C7H13O8P. The summed E-state index contributed by atoms with van der Waals surface area (Å²) in [7, 11) is -4.83. The third-order valence-electron chi connectivity index (χ3n) is 1.93. The molecule has 0 aliphatic rings. The van der Waals surface area contributed by atoms with E-state index in [0.717, 1.165) is 13.8 Å². The van der Waals surface area contributed by atoms with Crippen molar-refractivity contribution in [3.8, 4) is 0 Å². The second-order valence-electron chi connectivity index (χ2n) is 3.34. The lowest BCUT2D eigenvalue weighted by atomic mass is 9.92. The Kier molecular flexibility index (Phi) is 4.93. The molecule has 0 rings (SSSR count). The van der Waals surface area contributed by atoms with Crippen molar-refractivity contribution in [3.63, 3.8) is 0 Å². The summed E-state index contributed by atoms with van der Waals surface area (Å²) < 4.78 is 14.1. The topological polar surface area (TPSA) is 141 Å². The number of rotatable bonds is 6. The molecule has 0 heterocycles. The quantitative estimate of drug-likeness (QED) is 0.415. The van der Waals surface area contributed by atoms with Crippen LogP contribution in [0.25, 0.3) is 0 Å². The van der Waals surface area contributed by atoms with Crippen LogP contribution in [0.2, 0.25) is 0 Å². The highest BCUT2D eigenvalue weighted by Crippen LogP contribution is 2.35. The molecule has 0 saturated carbocycles. The summed E-state index contributed by atoms with van der Waals surface area (Å²) in [6, 6.07) is 0. The summed E-state index contributed by atoms with van der Waals surface area (Å²) in [4.78, 5) is 38.5. The lowest BCUT2D eigenvalue weighted by molar-refractivity contribution is -0.156. The van der Waals surface area contributed by atoms with Gasteiger partial charge in [-0.25, -0.2) is 4.57 Å². The van der Waals surface area contributed by atoms with E-state index in [4.69, 9.17) is 9.79 Å². The second kappa shape index (κ2) is 5.13. The predicted molar refractivity (Wildman–Crippen MR) is 50.3 cm³/mol. The van der Waals surface area contributed by atoms with E-state index in [1.807, 2.05) is 0 Å². The maximum absolute atomic E-state index is 11.1. The monoisotopic (exact) mass is 256 g/mol. The Morgan fingerprint density at radius 1 is 1.44 bits per heavy atom. The van der Waals surface area contributed by atoms with E-state index in [1.54, 1.807) is 0 Å². The smallest absolute Gasteiger partial charge is 0.382 e. The van der Waals surface area contributed by atoms with Crippen molar-refractivity contribution >= 4 is 19.4 Å². The van der Waals surface area contributed by atoms with Crippen LogP contribution >= 0.6 is 7.82 Å². The zero-order chi connectivity index (χ0) is 13.1. The van der Waals surface area contributed by atoms with Gasteiger partial charge in [-0.3, -0.25) is 14.1 Å². The van der Waals surface area contributed by atoms with Crippen LogP contribution in [0.5, 0.6) is 0 Å². The lowest BCUT2D eigenvalue weighted by Gasteiger charge is -2.24. The van der Waals surface area contributed by atoms with Crippen LogP contribution in [0.15, 0.2) is 0 Å². The number of ketones is 2. The molecule has 2 atom stereocenters. The van der Waals surface area contributed by atoms with E-state index >= 15 is 0 Å². The number of aliphatic hydroxyl groups excluding tert-OH is 1. The van der Waals surface area contributed by atoms with E-state index in [0.29, 0.717) is 0 Å². The third kappa shape index (κ3) is 4.48. The van der Waals surface area contributed by atoms with Crippen molar-refractivity contribution in [1.82, 2.24) is 0 Å². The number of hydrogen-bond acceptors (Lipinski definition) is 6. The van der Waals surface area contributed by atoms with E-state index in [-0.39, 0.29) is 0 Å². The fourth-order valence-corrected chi connectivity index (χ4v) is 1.03. The number of phosphoric ester groups is 1. The Labute approximate surface area is 91.1 Å². The van der Waals surface area contributed by atoms with Crippen molar-refractivity contribution in [2.45, 2.75) is 25.6 Å². The molecule has 8 nitrogen and oxygen atoms in total. The molecule has 0 fully saturated rings. The van der Waals surface area contributed by atoms with Gasteiger partial charge in [-0.2, -0.15) is 0 Å². The van der Waals surface area contributed by atoms with Crippen molar-refractivity contribution in [3.05, 3.63) is 0 Å². The zero-order valence-corrected chi connectivity index (χ0v) is 9.55. The van der Waals surface area contributed by atoms with Gasteiger partial charge in [-0.15, -0.1) is 0 Å². The molecule has 0 aliphatic heterocycles. The molecule has 9 heteroatoms. The molecule has 0 saturated heterocycles. The predicted octanol–water partition coefficient (Wildman–Crippen LogP) is -1.63. The first-order valence-corrected chi connectivity index (χ1v) is 5.66. The van der Waals surface area contributed by atoms with Gasteiger partial charge in [0.2, 0.25) is 0 Å². The molecule has 94 valence electrons. The Morgan fingerprint density at radius 3 is 2.19 bits per heavy atom. The highest BCUT2D eigenvalue weighted by molar-refractivity contribution is 7.46. The molecule has 0 spiro atoms. The van der Waals surface area contributed by atoms with Gasteiger partial charge in [0, 0.05) is 0 Å². The first-order valence-electron chi connectivity index (χ1n) is 4.12. The Hall–Kier alpha value is -0.630. The number of hydrogen-bond donors (Lipinski definition) is 4. The van der Waals surface area contributed by atoms with Gasteiger partial charge in [-0.1, -0.05) is 0 Å². The second-order valence-corrected chi connectivity index (χ2v) is 4.58. The number of carbonyl (C=O) groups is 2. The summed E-state index contributed by atoms with van der Waals surface area (Å²) in [6.45, 7) is 0.768. The maximum Gasteiger partial charge on any atom is 0.470 e. The Morgan fingerprint density at radius 2 is 1.88 bits per heavy atom. The van der Waals surface area contributed by atoms with Crippen LogP contribution < -0.4 is 0 Å². The Bertz CT molecular complexity index is 329. The van der Waals surface area contributed by atoms with Crippen LogP contribution in [-0.4, -0.2) is 49.9 Å². The fraction of sp³-hybridized carbons (Fsp3) is 0.714. The van der Waals surface area contributed by atoms with Gasteiger partial charge in [0.1, 0.15) is 12.7 Å². The first kappa shape index (κ1) is 15.4. The van der Waals surface area contributed by atoms with Crippen molar-refractivity contribution in [2.24, 2.45) is 0 Å². The molecule has 0 bridgehead atoms. The van der Waals surface area contributed by atoms with E-state index in [1.165, 1.54) is 0 Å². The molecule has 0 aromatic rings. The largest absolute Gasteiger partial charge is 0.470 e. The average Bonchev–Trinajstić information content (AvgIpc) is 2.11. The molecule has 0 aliphatic carbocycles. The van der Waals surface area contributed by atoms with E-state index in [9.17, 15) is 24.4 Å². The minimum atomic E-state index is -4.83. The van der Waals surface area contributed by atoms with Crippen LogP contribution in [0, 0.1) is 0 Å². The number of phosphoric acid groups is 1. The fourth-order valence-electron chi connectivity index (χ4n) is 0.733. The van der Waals surface area contributed by atoms with Gasteiger partial charge < -0.3 is 20.0 Å². The summed E-state index contributed by atoms with van der Waals surface area (Å²) in [6.07, 6.45) is -2.10. The zero-order valence-electron chi connectivity index (χ0n) is 8.65. The molecular weight excluding hydrogens is 243 g/mol. The van der Waals surface area contributed by atoms with Crippen LogP contribution in [0.4, 0.5) is 0 Å². The number of carbonyl (C=O) groups excluding carboxylic acids is 2. The summed E-state index contributed by atoms with van der Waals surface area (Å²) in [5.74, 6) is -2.06. The van der Waals surface area contributed by atoms with Gasteiger partial charge in [0.25, 0.3) is 0 Å². The minimum Gasteiger partial charge on any atom is -0.382 e. The number of aliphatic hydroxyl groups is 2. The minimum absolute atomic E-state index is 0.857. The summed E-state index contributed by atoms with van der Waals surface area (Å²) in [5.41, 5.74) is -2.31. The number of Topliss-reactive ketones (excluding diaryl/α,β-unsaturated/α-hetero) is 2. The standard InChI is InChI=1S/C7H13O8P/c1-4(8)7(2,11)6(10)5(9)3-15-16(12,13)14/h6,10-11H,3H2,1-2H3,(H2,12,13,14). The molecule has 4 N–H and O–H groups in total. The highest BCUT2D eigenvalue weighted by atomic mass is 31.2. The summed E-state index contributed by atoms with van der Waals surface area (Å²) in [5, 5.41) is 18.6. The van der Waals surface area contributed by atoms with Crippen molar-refractivity contribution in [2.75, 3.05) is 6.61 Å². The van der Waals surface area contributed by atoms with Gasteiger partial charge >= 0.3 is 7.82 Å². The van der Waals surface area contributed by atoms with Crippen molar-refractivity contribution < 1.29 is 38.7 Å². The lowest BCUT2D eigenvalue weighted by Crippen LogP contribution is -2.50. The molecule has 0 aromatic heterocycles.